The summed E-state index contributed by atoms with van der Waals surface area (Å²) < 4.78 is 0. The first kappa shape index (κ1) is 13.1. The summed E-state index contributed by atoms with van der Waals surface area (Å²) in [4.78, 5) is 25.7. The van der Waals surface area contributed by atoms with Crippen LogP contribution in [0.1, 0.15) is 28.8 Å². The van der Waals surface area contributed by atoms with Crippen molar-refractivity contribution >= 4 is 17.4 Å². The maximum Gasteiger partial charge on any atom is 0.299 e. The average molecular weight is 270 g/mol. The van der Waals surface area contributed by atoms with Crippen LogP contribution in [0.4, 0.5) is 5.69 Å². The molecule has 1 aliphatic heterocycles. The lowest BCUT2D eigenvalue weighted by atomic mass is 10.1. The molecule has 2 aliphatic rings. The molecule has 104 valence electrons. The maximum absolute atomic E-state index is 12.1. The number of nitrogens with zero attached hydrogens (tertiary/aromatic N) is 1. The van der Waals surface area contributed by atoms with Gasteiger partial charge in [0.15, 0.2) is 0 Å². The molecule has 0 radical (unpaired) electrons. The van der Waals surface area contributed by atoms with Crippen LogP contribution >= 0.6 is 0 Å². The van der Waals surface area contributed by atoms with Gasteiger partial charge in [0.1, 0.15) is 0 Å². The predicted molar refractivity (Wildman–Crippen MR) is 78.0 cm³/mol. The summed E-state index contributed by atoms with van der Waals surface area (Å²) in [5.41, 5.74) is 3.13. The molecule has 1 aromatic carbocycles. The molecule has 1 fully saturated rings. The first-order valence-corrected chi connectivity index (χ1v) is 6.94. The summed E-state index contributed by atoms with van der Waals surface area (Å²) in [5, 5.41) is 3.37. The second kappa shape index (κ2) is 4.87. The number of rotatable bonds is 5. The van der Waals surface area contributed by atoms with E-state index in [4.69, 9.17) is 0 Å². The maximum atomic E-state index is 12.1. The molecule has 1 saturated carbocycles. The Hall–Kier alpha value is -1.94. The second-order valence-electron chi connectivity index (χ2n) is 5.60. The first-order chi connectivity index (χ1) is 9.58. The molecule has 4 nitrogen and oxygen atoms in total. The zero-order valence-electron chi connectivity index (χ0n) is 11.6. The number of Topliss-reactive ketones (excluding diaryl/α,β-unsaturated/α-hetero) is 1. The van der Waals surface area contributed by atoms with E-state index in [1.165, 1.54) is 12.8 Å². The first-order valence-electron chi connectivity index (χ1n) is 6.94. The molecule has 0 saturated heterocycles. The van der Waals surface area contributed by atoms with E-state index in [-0.39, 0.29) is 0 Å². The fraction of sp³-hybridized carbons (Fsp3) is 0.375. The van der Waals surface area contributed by atoms with Gasteiger partial charge < -0.3 is 10.2 Å². The van der Waals surface area contributed by atoms with Crippen molar-refractivity contribution in [3.05, 3.63) is 41.5 Å². The van der Waals surface area contributed by atoms with Gasteiger partial charge >= 0.3 is 0 Å². The number of benzene rings is 1. The van der Waals surface area contributed by atoms with Crippen LogP contribution in [-0.2, 0) is 4.79 Å². The Kier molecular flexibility index (Phi) is 3.18. The molecule has 0 unspecified atom stereocenters. The van der Waals surface area contributed by atoms with Crippen molar-refractivity contribution < 1.29 is 9.59 Å². The van der Waals surface area contributed by atoms with Gasteiger partial charge in [-0.2, -0.15) is 0 Å². The zero-order valence-corrected chi connectivity index (χ0v) is 11.6. The topological polar surface area (TPSA) is 49.4 Å². The van der Waals surface area contributed by atoms with Crippen LogP contribution < -0.4 is 10.2 Å². The van der Waals surface area contributed by atoms with Crippen molar-refractivity contribution in [2.75, 3.05) is 18.0 Å². The van der Waals surface area contributed by atoms with Gasteiger partial charge in [-0.3, -0.25) is 9.59 Å². The molecule has 3 rings (SSSR count). The minimum atomic E-state index is -0.443. The number of nitrogens with one attached hydrogen (secondary N) is 1. The summed E-state index contributed by atoms with van der Waals surface area (Å²) >= 11 is 0. The number of amides is 1. The number of hydrogen-bond acceptors (Lipinski definition) is 3. The Morgan fingerprint density at radius 2 is 2.15 bits per heavy atom. The molecular weight excluding hydrogens is 252 g/mol. The Morgan fingerprint density at radius 3 is 2.85 bits per heavy atom. The van der Waals surface area contributed by atoms with Crippen molar-refractivity contribution in [3.63, 3.8) is 0 Å². The van der Waals surface area contributed by atoms with Gasteiger partial charge in [0.05, 0.1) is 11.3 Å². The Balaban J connectivity index is 1.77. The molecular formula is C16H18N2O2. The zero-order chi connectivity index (χ0) is 14.3. The highest BCUT2D eigenvalue weighted by Crippen LogP contribution is 2.32. The predicted octanol–water partition coefficient (Wildman–Crippen LogP) is 1.83. The standard InChI is InChI=1S/C16H18N2O2/c1-10(8-17-12-6-7-12)9-18-14-11(2)4-3-5-13(14)15(19)16(18)20/h3-5,12,17H,1,6-9H2,2H3. The van der Waals surface area contributed by atoms with E-state index < -0.39 is 11.7 Å². The molecule has 1 aliphatic carbocycles. The molecule has 20 heavy (non-hydrogen) atoms. The van der Waals surface area contributed by atoms with Crippen LogP contribution in [0.3, 0.4) is 0 Å². The van der Waals surface area contributed by atoms with E-state index in [2.05, 4.69) is 11.9 Å². The number of fused-ring (bicyclic) bond motifs is 1. The van der Waals surface area contributed by atoms with Crippen molar-refractivity contribution in [2.45, 2.75) is 25.8 Å². The normalized spacial score (nSPS) is 17.6. The highest BCUT2D eigenvalue weighted by Gasteiger charge is 2.36. The number of ketones is 1. The summed E-state index contributed by atoms with van der Waals surface area (Å²) in [6, 6.07) is 6.06. The number of carbonyl (C=O) groups is 2. The number of carbonyl (C=O) groups excluding carboxylic acids is 2. The molecule has 0 atom stereocenters. The highest BCUT2D eigenvalue weighted by molar-refractivity contribution is 6.52. The largest absolute Gasteiger partial charge is 0.310 e. The van der Waals surface area contributed by atoms with Crippen LogP contribution in [0.2, 0.25) is 0 Å². The molecule has 1 aromatic rings. The van der Waals surface area contributed by atoms with Crippen molar-refractivity contribution in [1.29, 1.82) is 0 Å². The minimum Gasteiger partial charge on any atom is -0.310 e. The van der Waals surface area contributed by atoms with E-state index in [1.54, 1.807) is 11.0 Å². The van der Waals surface area contributed by atoms with E-state index in [0.717, 1.165) is 16.8 Å². The van der Waals surface area contributed by atoms with Crippen LogP contribution in [0.25, 0.3) is 0 Å². The van der Waals surface area contributed by atoms with Crippen LogP contribution in [0.15, 0.2) is 30.4 Å². The highest BCUT2D eigenvalue weighted by atomic mass is 16.2. The van der Waals surface area contributed by atoms with Crippen molar-refractivity contribution in [2.24, 2.45) is 0 Å². The van der Waals surface area contributed by atoms with Gasteiger partial charge in [0.25, 0.3) is 11.7 Å². The van der Waals surface area contributed by atoms with Gasteiger partial charge in [0.2, 0.25) is 0 Å². The number of para-hydroxylation sites is 1. The third kappa shape index (κ3) is 2.27. The van der Waals surface area contributed by atoms with Gasteiger partial charge in [-0.05, 0) is 37.0 Å². The summed E-state index contributed by atoms with van der Waals surface area (Å²) in [6.45, 7) is 7.04. The molecule has 4 heteroatoms. The second-order valence-corrected chi connectivity index (χ2v) is 5.60. The molecule has 0 bridgehead atoms. The lowest BCUT2D eigenvalue weighted by molar-refractivity contribution is -0.114. The van der Waals surface area contributed by atoms with Crippen LogP contribution in [-0.4, -0.2) is 30.8 Å². The number of anilines is 1. The monoisotopic (exact) mass is 270 g/mol. The average Bonchev–Trinajstić information content (AvgIpc) is 3.22. The smallest absolute Gasteiger partial charge is 0.299 e. The quantitative estimate of drug-likeness (QED) is 0.656. The number of aryl methyl sites for hydroxylation is 1. The van der Waals surface area contributed by atoms with Crippen molar-refractivity contribution in [1.82, 2.24) is 5.32 Å². The molecule has 0 aromatic heterocycles. The van der Waals surface area contributed by atoms with Gasteiger partial charge in [0, 0.05) is 19.1 Å². The lowest BCUT2D eigenvalue weighted by Gasteiger charge is -2.20. The fourth-order valence-corrected chi connectivity index (χ4v) is 2.55. The Morgan fingerprint density at radius 1 is 1.40 bits per heavy atom. The SMILES string of the molecule is C=C(CNC1CC1)CN1C(=O)C(=O)c2cccc(C)c21. The van der Waals surface area contributed by atoms with E-state index >= 15 is 0 Å². The van der Waals surface area contributed by atoms with E-state index in [1.807, 2.05) is 19.1 Å². The van der Waals surface area contributed by atoms with Gasteiger partial charge in [-0.15, -0.1) is 0 Å². The molecule has 0 spiro atoms. The van der Waals surface area contributed by atoms with Gasteiger partial charge in [-0.25, -0.2) is 0 Å². The fourth-order valence-electron chi connectivity index (χ4n) is 2.55. The summed E-state index contributed by atoms with van der Waals surface area (Å²) in [6.07, 6.45) is 2.44. The van der Waals surface area contributed by atoms with Crippen LogP contribution in [0, 0.1) is 6.92 Å². The van der Waals surface area contributed by atoms with E-state index in [9.17, 15) is 9.59 Å². The Bertz CT molecular complexity index is 602. The molecule has 1 amide bonds. The molecule has 1 N–H and O–H groups in total. The third-order valence-electron chi connectivity index (χ3n) is 3.79. The Labute approximate surface area is 118 Å². The van der Waals surface area contributed by atoms with Crippen molar-refractivity contribution in [3.8, 4) is 0 Å². The number of hydrogen-bond donors (Lipinski definition) is 1. The molecule has 1 heterocycles. The lowest BCUT2D eigenvalue weighted by Crippen LogP contribution is -2.34. The van der Waals surface area contributed by atoms with Gasteiger partial charge in [-0.1, -0.05) is 18.7 Å². The van der Waals surface area contributed by atoms with Crippen LogP contribution in [0.5, 0.6) is 0 Å². The summed E-state index contributed by atoms with van der Waals surface area (Å²) in [5.74, 6) is -0.853. The van der Waals surface area contributed by atoms with E-state index in [0.29, 0.717) is 24.7 Å². The summed E-state index contributed by atoms with van der Waals surface area (Å²) in [7, 11) is 0. The third-order valence-corrected chi connectivity index (χ3v) is 3.79. The minimum absolute atomic E-state index is 0.405.